The van der Waals surface area contributed by atoms with Crippen LogP contribution in [0.25, 0.3) is 11.1 Å². The molecule has 1 aromatic heterocycles. The van der Waals surface area contributed by atoms with Crippen LogP contribution in [0.3, 0.4) is 0 Å². The molecule has 0 radical (unpaired) electrons. The predicted molar refractivity (Wildman–Crippen MR) is 123 cm³/mol. The SMILES string of the molecule is COCCC(NC(=O)c1cc(NC(=O)OCC2c3ccccc3-c3ccccc32)n[nH]1)C(=O)O. The summed E-state index contributed by atoms with van der Waals surface area (Å²) in [5, 5.41) is 20.4. The van der Waals surface area contributed by atoms with Crippen molar-refractivity contribution in [3.05, 3.63) is 71.4 Å². The second-order valence-corrected chi connectivity index (χ2v) is 7.76. The third kappa shape index (κ3) is 4.91. The van der Waals surface area contributed by atoms with Crippen molar-refractivity contribution in [1.29, 1.82) is 0 Å². The Labute approximate surface area is 195 Å². The number of aromatic nitrogens is 2. The Balaban J connectivity index is 1.35. The normalized spacial score (nSPS) is 13.0. The molecule has 1 atom stereocenters. The molecule has 0 saturated carbocycles. The smallest absolute Gasteiger partial charge is 0.412 e. The molecule has 1 heterocycles. The van der Waals surface area contributed by atoms with Gasteiger partial charge in [0.15, 0.2) is 5.82 Å². The van der Waals surface area contributed by atoms with Crippen LogP contribution in [0.5, 0.6) is 0 Å². The molecule has 1 aliphatic carbocycles. The van der Waals surface area contributed by atoms with Crippen molar-refractivity contribution in [3.63, 3.8) is 0 Å². The van der Waals surface area contributed by atoms with E-state index >= 15 is 0 Å². The number of carboxylic acid groups (broad SMARTS) is 1. The van der Waals surface area contributed by atoms with Gasteiger partial charge in [-0.25, -0.2) is 9.59 Å². The second kappa shape index (κ2) is 10.2. The van der Waals surface area contributed by atoms with Crippen LogP contribution in [0.15, 0.2) is 54.6 Å². The van der Waals surface area contributed by atoms with Crippen LogP contribution in [0, 0.1) is 0 Å². The molecule has 0 bridgehead atoms. The molecule has 3 aromatic rings. The summed E-state index contributed by atoms with van der Waals surface area (Å²) in [4.78, 5) is 36.0. The Bertz CT molecular complexity index is 1160. The highest BCUT2D eigenvalue weighted by atomic mass is 16.5. The quantitative estimate of drug-likeness (QED) is 0.381. The number of H-pyrrole nitrogens is 1. The van der Waals surface area contributed by atoms with Gasteiger partial charge in [-0.1, -0.05) is 48.5 Å². The Kier molecular flexibility index (Phi) is 6.88. The third-order valence-corrected chi connectivity index (χ3v) is 5.61. The van der Waals surface area contributed by atoms with E-state index in [2.05, 4.69) is 33.0 Å². The molecule has 0 spiro atoms. The molecule has 10 heteroatoms. The zero-order chi connectivity index (χ0) is 24.1. The Hall–Kier alpha value is -4.18. The van der Waals surface area contributed by atoms with Crippen LogP contribution in [-0.4, -0.2) is 59.6 Å². The van der Waals surface area contributed by atoms with Crippen molar-refractivity contribution in [2.45, 2.75) is 18.4 Å². The van der Waals surface area contributed by atoms with Gasteiger partial charge in [-0.15, -0.1) is 0 Å². The number of hydrogen-bond acceptors (Lipinski definition) is 6. The first-order valence-corrected chi connectivity index (χ1v) is 10.7. The van der Waals surface area contributed by atoms with E-state index in [-0.39, 0.29) is 37.1 Å². The molecule has 176 valence electrons. The van der Waals surface area contributed by atoms with Crippen molar-refractivity contribution < 1.29 is 29.0 Å². The average molecular weight is 464 g/mol. The summed E-state index contributed by atoms with van der Waals surface area (Å²) in [6, 6.07) is 16.2. The highest BCUT2D eigenvalue weighted by molar-refractivity contribution is 5.96. The minimum Gasteiger partial charge on any atom is -0.480 e. The molecule has 1 unspecified atom stereocenters. The molecular formula is C24H24N4O6. The minimum atomic E-state index is -1.18. The molecule has 0 fully saturated rings. The van der Waals surface area contributed by atoms with E-state index in [1.165, 1.54) is 13.2 Å². The van der Waals surface area contributed by atoms with Crippen LogP contribution >= 0.6 is 0 Å². The van der Waals surface area contributed by atoms with Gasteiger partial charge in [0.25, 0.3) is 5.91 Å². The van der Waals surface area contributed by atoms with Gasteiger partial charge in [-0.2, -0.15) is 5.10 Å². The standard InChI is InChI=1S/C24H24N4O6/c1-33-11-10-19(23(30)31)25-22(29)20-12-21(28-27-20)26-24(32)34-13-18-16-8-4-2-6-14(16)15-7-3-5-9-17(15)18/h2-9,12,18-19H,10-11,13H2,1H3,(H,25,29)(H,30,31)(H2,26,27,28,32). The maximum Gasteiger partial charge on any atom is 0.412 e. The maximum absolute atomic E-state index is 12.4. The first kappa shape index (κ1) is 23.0. The van der Waals surface area contributed by atoms with Crippen molar-refractivity contribution in [2.24, 2.45) is 0 Å². The predicted octanol–water partition coefficient (Wildman–Crippen LogP) is 2.99. The number of carboxylic acids is 1. The summed E-state index contributed by atoms with van der Waals surface area (Å²) in [6.45, 7) is 0.312. The van der Waals surface area contributed by atoms with Crippen LogP contribution in [0.4, 0.5) is 10.6 Å². The highest BCUT2D eigenvalue weighted by Gasteiger charge is 2.29. The zero-order valence-corrected chi connectivity index (χ0v) is 18.4. The maximum atomic E-state index is 12.4. The number of rotatable bonds is 9. The molecule has 2 aromatic carbocycles. The molecule has 4 N–H and O–H groups in total. The van der Waals surface area contributed by atoms with Crippen molar-refractivity contribution >= 4 is 23.8 Å². The fourth-order valence-electron chi connectivity index (χ4n) is 3.97. The molecule has 1 aliphatic rings. The van der Waals surface area contributed by atoms with Crippen LogP contribution < -0.4 is 10.6 Å². The van der Waals surface area contributed by atoms with Gasteiger partial charge in [0.1, 0.15) is 18.3 Å². The number of fused-ring (bicyclic) bond motifs is 3. The van der Waals surface area contributed by atoms with Gasteiger partial charge < -0.3 is 19.9 Å². The molecule has 0 saturated heterocycles. The molecule has 10 nitrogen and oxygen atoms in total. The van der Waals surface area contributed by atoms with E-state index in [0.29, 0.717) is 0 Å². The van der Waals surface area contributed by atoms with Gasteiger partial charge in [0, 0.05) is 32.1 Å². The second-order valence-electron chi connectivity index (χ2n) is 7.76. The Morgan fingerprint density at radius 1 is 1.09 bits per heavy atom. The van der Waals surface area contributed by atoms with Gasteiger partial charge in [-0.05, 0) is 22.3 Å². The number of nitrogens with zero attached hydrogens (tertiary/aromatic N) is 1. The lowest BCUT2D eigenvalue weighted by Crippen LogP contribution is -2.41. The third-order valence-electron chi connectivity index (χ3n) is 5.61. The first-order chi connectivity index (χ1) is 16.5. The molecular weight excluding hydrogens is 440 g/mol. The van der Waals surface area contributed by atoms with Gasteiger partial charge in [0.2, 0.25) is 0 Å². The number of nitrogens with one attached hydrogen (secondary N) is 3. The topological polar surface area (TPSA) is 143 Å². The van der Waals surface area contributed by atoms with Gasteiger partial charge >= 0.3 is 12.1 Å². The molecule has 2 amide bonds. The van der Waals surface area contributed by atoms with E-state index < -0.39 is 24.0 Å². The lowest BCUT2D eigenvalue weighted by atomic mass is 9.98. The lowest BCUT2D eigenvalue weighted by Gasteiger charge is -2.14. The number of aromatic amines is 1. The van der Waals surface area contributed by atoms with E-state index in [4.69, 9.17) is 9.47 Å². The van der Waals surface area contributed by atoms with E-state index in [1.807, 2.05) is 36.4 Å². The average Bonchev–Trinajstić information content (AvgIpc) is 3.43. The fourth-order valence-corrected chi connectivity index (χ4v) is 3.97. The number of anilines is 1. The van der Waals surface area contributed by atoms with E-state index in [9.17, 15) is 19.5 Å². The highest BCUT2D eigenvalue weighted by Crippen LogP contribution is 2.44. The number of hydrogen-bond donors (Lipinski definition) is 4. The number of methoxy groups -OCH3 is 1. The van der Waals surface area contributed by atoms with Crippen LogP contribution in [0.2, 0.25) is 0 Å². The number of aliphatic carboxylic acids is 1. The largest absolute Gasteiger partial charge is 0.480 e. The fraction of sp³-hybridized carbons (Fsp3) is 0.250. The van der Waals surface area contributed by atoms with Crippen LogP contribution in [0.1, 0.15) is 34.0 Å². The van der Waals surface area contributed by atoms with E-state index in [0.717, 1.165) is 22.3 Å². The monoisotopic (exact) mass is 464 g/mol. The Morgan fingerprint density at radius 3 is 2.35 bits per heavy atom. The van der Waals surface area contributed by atoms with Crippen molar-refractivity contribution in [3.8, 4) is 11.1 Å². The van der Waals surface area contributed by atoms with Gasteiger partial charge in [0.05, 0.1) is 0 Å². The molecule has 4 rings (SSSR count). The van der Waals surface area contributed by atoms with E-state index in [1.54, 1.807) is 0 Å². The molecule has 0 aliphatic heterocycles. The summed E-state index contributed by atoms with van der Waals surface area (Å²) in [5.41, 5.74) is 4.44. The number of carbonyl (C=O) groups is 3. The number of carbonyl (C=O) groups excluding carboxylic acids is 2. The summed E-state index contributed by atoms with van der Waals surface area (Å²) in [5.74, 6) is -1.86. The number of amides is 2. The first-order valence-electron chi connectivity index (χ1n) is 10.7. The van der Waals surface area contributed by atoms with Crippen molar-refractivity contribution in [1.82, 2.24) is 15.5 Å². The summed E-state index contributed by atoms with van der Waals surface area (Å²) in [7, 11) is 1.44. The zero-order valence-electron chi connectivity index (χ0n) is 18.4. The summed E-state index contributed by atoms with van der Waals surface area (Å²) < 4.78 is 10.3. The lowest BCUT2D eigenvalue weighted by molar-refractivity contribution is -0.139. The van der Waals surface area contributed by atoms with Crippen LogP contribution in [-0.2, 0) is 14.3 Å². The van der Waals surface area contributed by atoms with Gasteiger partial charge in [-0.3, -0.25) is 15.2 Å². The Morgan fingerprint density at radius 2 is 1.74 bits per heavy atom. The summed E-state index contributed by atoms with van der Waals surface area (Å²) in [6.07, 6.45) is -0.611. The molecule has 34 heavy (non-hydrogen) atoms. The van der Waals surface area contributed by atoms with Crippen molar-refractivity contribution in [2.75, 3.05) is 25.6 Å². The number of benzene rings is 2. The summed E-state index contributed by atoms with van der Waals surface area (Å²) >= 11 is 0. The minimum absolute atomic E-state index is 0.00221. The number of ether oxygens (including phenoxy) is 2.